The van der Waals surface area contributed by atoms with Crippen LogP contribution in [0.15, 0.2) is 29.2 Å². The summed E-state index contributed by atoms with van der Waals surface area (Å²) in [5.74, 6) is -0.371. The quantitative estimate of drug-likeness (QED) is 0.772. The molecule has 0 radical (unpaired) electrons. The van der Waals surface area contributed by atoms with E-state index in [4.69, 9.17) is 16.3 Å². The molecule has 0 fully saturated rings. The van der Waals surface area contributed by atoms with E-state index in [-0.39, 0.29) is 29.9 Å². The second-order valence-electron chi connectivity index (χ2n) is 4.81. The van der Waals surface area contributed by atoms with Crippen molar-refractivity contribution in [2.24, 2.45) is 0 Å². The number of amides is 1. The molecule has 6 nitrogen and oxygen atoms in total. The third-order valence-corrected chi connectivity index (χ3v) is 5.14. The van der Waals surface area contributed by atoms with Gasteiger partial charge in [-0.3, -0.25) is 4.79 Å². The zero-order valence-electron chi connectivity index (χ0n) is 12.9. The lowest BCUT2D eigenvalue weighted by Crippen LogP contribution is -2.44. The summed E-state index contributed by atoms with van der Waals surface area (Å²) in [4.78, 5) is 12.0. The molecule has 124 valence electrons. The highest BCUT2D eigenvalue weighted by atomic mass is 35.5. The molecule has 1 aromatic carbocycles. The second-order valence-corrected chi connectivity index (χ2v) is 7.18. The monoisotopic (exact) mass is 348 g/mol. The molecule has 0 spiro atoms. The van der Waals surface area contributed by atoms with Gasteiger partial charge < -0.3 is 10.1 Å². The molecule has 0 saturated heterocycles. The molecule has 0 heterocycles. The molecule has 0 aromatic heterocycles. The molecular formula is C14H21ClN2O4S. The zero-order valence-corrected chi connectivity index (χ0v) is 14.4. The van der Waals surface area contributed by atoms with Gasteiger partial charge in [0.05, 0.1) is 18.0 Å². The summed E-state index contributed by atoms with van der Waals surface area (Å²) >= 11 is 5.76. The molecule has 0 aliphatic heterocycles. The molecule has 1 aromatic rings. The first-order valence-electron chi connectivity index (χ1n) is 6.85. The average Bonchev–Trinajstić information content (AvgIpc) is 2.45. The van der Waals surface area contributed by atoms with Crippen LogP contribution in [0.3, 0.4) is 0 Å². The topological polar surface area (TPSA) is 75.7 Å². The Kier molecular flexibility index (Phi) is 7.28. The number of nitrogens with one attached hydrogen (secondary N) is 1. The predicted octanol–water partition coefficient (Wildman–Crippen LogP) is 1.50. The van der Waals surface area contributed by atoms with Gasteiger partial charge in [-0.15, -0.1) is 0 Å². The highest BCUT2D eigenvalue weighted by Gasteiger charge is 2.25. The van der Waals surface area contributed by atoms with E-state index in [2.05, 4.69) is 5.32 Å². The Morgan fingerprint density at radius 2 is 1.95 bits per heavy atom. The third-order valence-electron chi connectivity index (χ3n) is 2.95. The number of sulfonamides is 1. The summed E-state index contributed by atoms with van der Waals surface area (Å²) in [7, 11) is -2.19. The number of nitrogens with zero attached hydrogens (tertiary/aromatic N) is 1. The van der Waals surface area contributed by atoms with Crippen LogP contribution in [-0.4, -0.2) is 51.5 Å². The van der Waals surface area contributed by atoms with Crippen LogP contribution < -0.4 is 5.32 Å². The van der Waals surface area contributed by atoms with Crippen LogP contribution >= 0.6 is 11.6 Å². The van der Waals surface area contributed by atoms with Gasteiger partial charge in [0.15, 0.2) is 0 Å². The minimum absolute atomic E-state index is 0.108. The molecule has 8 heteroatoms. The number of halogens is 1. The van der Waals surface area contributed by atoms with Crippen molar-refractivity contribution in [3.63, 3.8) is 0 Å². The predicted molar refractivity (Wildman–Crippen MR) is 85.4 cm³/mol. The lowest BCUT2D eigenvalue weighted by molar-refractivity contribution is -0.122. The average molecular weight is 349 g/mol. The number of benzene rings is 1. The van der Waals surface area contributed by atoms with E-state index in [0.29, 0.717) is 11.6 Å². The molecule has 0 saturated carbocycles. The number of hydrogen-bond acceptors (Lipinski definition) is 4. The zero-order chi connectivity index (χ0) is 16.8. The molecule has 1 rings (SSSR count). The number of hydrogen-bond donors (Lipinski definition) is 1. The fourth-order valence-electron chi connectivity index (χ4n) is 1.89. The summed E-state index contributed by atoms with van der Waals surface area (Å²) < 4.78 is 31.0. The Bertz CT molecular complexity index is 589. The molecule has 0 aliphatic rings. The lowest BCUT2D eigenvalue weighted by atomic mass is 10.3. The first-order valence-corrected chi connectivity index (χ1v) is 8.67. The number of carbonyl (C=O) groups excluding carboxylic acids is 1. The molecule has 22 heavy (non-hydrogen) atoms. The highest BCUT2D eigenvalue weighted by molar-refractivity contribution is 7.89. The van der Waals surface area contributed by atoms with Crippen molar-refractivity contribution < 1.29 is 17.9 Å². The van der Waals surface area contributed by atoms with Crippen molar-refractivity contribution in [1.29, 1.82) is 0 Å². The van der Waals surface area contributed by atoms with Crippen LogP contribution in [0.4, 0.5) is 0 Å². The summed E-state index contributed by atoms with van der Waals surface area (Å²) in [5, 5.41) is 3.14. The normalized spacial score (nSPS) is 13.1. The van der Waals surface area contributed by atoms with Gasteiger partial charge in [-0.1, -0.05) is 18.5 Å². The number of methoxy groups -OCH3 is 1. The van der Waals surface area contributed by atoms with Crippen molar-refractivity contribution in [2.45, 2.75) is 24.8 Å². The Balaban J connectivity index is 2.82. The minimum atomic E-state index is -3.73. The van der Waals surface area contributed by atoms with Crippen molar-refractivity contribution >= 4 is 27.5 Å². The number of rotatable bonds is 8. The van der Waals surface area contributed by atoms with Gasteiger partial charge in [-0.25, -0.2) is 8.42 Å². The maximum atomic E-state index is 12.5. The Labute approximate surface area is 136 Å². The van der Waals surface area contributed by atoms with E-state index in [1.165, 1.54) is 31.4 Å². The van der Waals surface area contributed by atoms with Crippen LogP contribution in [0.1, 0.15) is 13.8 Å². The smallest absolute Gasteiger partial charge is 0.243 e. The Morgan fingerprint density at radius 1 is 1.36 bits per heavy atom. The SMILES string of the molecule is CCN(CC(=O)N[C@@H](C)COC)S(=O)(=O)c1ccc(Cl)cc1. The summed E-state index contributed by atoms with van der Waals surface area (Å²) in [6.45, 7) is 3.78. The summed E-state index contributed by atoms with van der Waals surface area (Å²) in [6.07, 6.45) is 0. The van der Waals surface area contributed by atoms with E-state index < -0.39 is 10.0 Å². The van der Waals surface area contributed by atoms with Crippen LogP contribution in [0, 0.1) is 0 Å². The van der Waals surface area contributed by atoms with Gasteiger partial charge in [-0.2, -0.15) is 4.31 Å². The molecule has 0 unspecified atom stereocenters. The molecule has 0 aliphatic carbocycles. The molecule has 1 N–H and O–H groups in total. The first kappa shape index (κ1) is 18.9. The van der Waals surface area contributed by atoms with Gasteiger partial charge in [0, 0.05) is 24.7 Å². The van der Waals surface area contributed by atoms with Gasteiger partial charge in [-0.05, 0) is 31.2 Å². The fraction of sp³-hybridized carbons (Fsp3) is 0.500. The second kappa shape index (κ2) is 8.47. The van der Waals surface area contributed by atoms with E-state index in [9.17, 15) is 13.2 Å². The molecule has 1 amide bonds. The van der Waals surface area contributed by atoms with E-state index >= 15 is 0 Å². The maximum absolute atomic E-state index is 12.5. The van der Waals surface area contributed by atoms with Crippen LogP contribution in [0.25, 0.3) is 0 Å². The van der Waals surface area contributed by atoms with Gasteiger partial charge in [0.25, 0.3) is 0 Å². The van der Waals surface area contributed by atoms with E-state index in [1.54, 1.807) is 13.8 Å². The van der Waals surface area contributed by atoms with Crippen molar-refractivity contribution in [3.8, 4) is 0 Å². The van der Waals surface area contributed by atoms with Crippen molar-refractivity contribution in [3.05, 3.63) is 29.3 Å². The number of likely N-dealkylation sites (N-methyl/N-ethyl adjacent to an activating group) is 1. The minimum Gasteiger partial charge on any atom is -0.383 e. The molecule has 1 atom stereocenters. The van der Waals surface area contributed by atoms with Crippen molar-refractivity contribution in [1.82, 2.24) is 9.62 Å². The Morgan fingerprint density at radius 3 is 2.45 bits per heavy atom. The van der Waals surface area contributed by atoms with Gasteiger partial charge in [0.2, 0.25) is 15.9 Å². The number of carbonyl (C=O) groups is 1. The molecule has 0 bridgehead atoms. The first-order chi connectivity index (χ1) is 10.3. The lowest BCUT2D eigenvalue weighted by Gasteiger charge is -2.21. The van der Waals surface area contributed by atoms with Crippen molar-refractivity contribution in [2.75, 3.05) is 26.8 Å². The van der Waals surface area contributed by atoms with E-state index in [0.717, 1.165) is 4.31 Å². The van der Waals surface area contributed by atoms with Crippen LogP contribution in [-0.2, 0) is 19.6 Å². The maximum Gasteiger partial charge on any atom is 0.243 e. The summed E-state index contributed by atoms with van der Waals surface area (Å²) in [5.41, 5.74) is 0. The third kappa shape index (κ3) is 5.24. The highest BCUT2D eigenvalue weighted by Crippen LogP contribution is 2.18. The van der Waals surface area contributed by atoms with Gasteiger partial charge >= 0.3 is 0 Å². The number of ether oxygens (including phenoxy) is 1. The van der Waals surface area contributed by atoms with Crippen LogP contribution in [0.5, 0.6) is 0 Å². The Hall–Kier alpha value is -1.15. The van der Waals surface area contributed by atoms with E-state index in [1.807, 2.05) is 0 Å². The fourth-order valence-corrected chi connectivity index (χ4v) is 3.43. The van der Waals surface area contributed by atoms with Gasteiger partial charge in [0.1, 0.15) is 0 Å². The standard InChI is InChI=1S/C14H21ClN2O4S/c1-4-17(9-14(18)16-11(2)10-21-3)22(19,20)13-7-5-12(15)6-8-13/h5-8,11H,4,9-10H2,1-3H3,(H,16,18)/t11-/m0/s1. The molecular weight excluding hydrogens is 328 g/mol. The largest absolute Gasteiger partial charge is 0.383 e. The van der Waals surface area contributed by atoms with Crippen LogP contribution in [0.2, 0.25) is 5.02 Å². The summed E-state index contributed by atoms with van der Waals surface area (Å²) in [6, 6.07) is 5.67.